The molecule has 0 heterocycles. The van der Waals surface area contributed by atoms with E-state index in [0.29, 0.717) is 6.10 Å². The van der Waals surface area contributed by atoms with Crippen molar-refractivity contribution in [1.82, 2.24) is 0 Å². The number of benzene rings is 1. The van der Waals surface area contributed by atoms with Crippen molar-refractivity contribution >= 4 is 0 Å². The summed E-state index contributed by atoms with van der Waals surface area (Å²) in [5.74, 6) is 0.999. The highest BCUT2D eigenvalue weighted by molar-refractivity contribution is 5.26. The predicted octanol–water partition coefficient (Wildman–Crippen LogP) is 5.51. The lowest BCUT2D eigenvalue weighted by Crippen LogP contribution is -2.11. The molecule has 0 N–H and O–H groups in total. The maximum absolute atomic E-state index is 5.90. The molecule has 1 unspecified atom stereocenters. The van der Waals surface area contributed by atoms with Gasteiger partial charge in [-0.25, -0.2) is 0 Å². The normalized spacial score (nSPS) is 12.4. The maximum atomic E-state index is 5.90. The summed E-state index contributed by atoms with van der Waals surface area (Å²) in [7, 11) is 0. The molecule has 1 nitrogen and oxygen atoms in total. The highest BCUT2D eigenvalue weighted by Crippen LogP contribution is 2.16. The first-order valence-electron chi connectivity index (χ1n) is 7.45. The molecule has 0 bridgehead atoms. The highest BCUT2D eigenvalue weighted by atomic mass is 16.5. The van der Waals surface area contributed by atoms with E-state index in [0.717, 1.165) is 5.75 Å². The minimum atomic E-state index is 0.332. The van der Waals surface area contributed by atoms with Gasteiger partial charge in [-0.15, -0.1) is 0 Å². The molecule has 0 amide bonds. The minimum absolute atomic E-state index is 0.332. The zero-order chi connectivity index (χ0) is 13.2. The summed E-state index contributed by atoms with van der Waals surface area (Å²) in [6.45, 7) is 6.53. The van der Waals surface area contributed by atoms with E-state index in [1.807, 2.05) is 0 Å². The van der Waals surface area contributed by atoms with E-state index in [1.54, 1.807) is 0 Å². The largest absolute Gasteiger partial charge is 0.491 e. The molecule has 0 aliphatic rings. The lowest BCUT2D eigenvalue weighted by atomic mass is 10.1. The highest BCUT2D eigenvalue weighted by Gasteiger charge is 2.03. The van der Waals surface area contributed by atoms with Crippen LogP contribution in [0.5, 0.6) is 5.75 Å². The van der Waals surface area contributed by atoms with Crippen LogP contribution in [0.1, 0.15) is 64.4 Å². The van der Waals surface area contributed by atoms with E-state index >= 15 is 0 Å². The van der Waals surface area contributed by atoms with E-state index in [9.17, 15) is 0 Å². The van der Waals surface area contributed by atoms with Gasteiger partial charge in [0.15, 0.2) is 0 Å². The molecule has 0 radical (unpaired) electrons. The van der Waals surface area contributed by atoms with Gasteiger partial charge in [0.25, 0.3) is 0 Å². The van der Waals surface area contributed by atoms with Gasteiger partial charge in [-0.05, 0) is 38.8 Å². The topological polar surface area (TPSA) is 9.23 Å². The molecule has 0 aliphatic carbocycles. The summed E-state index contributed by atoms with van der Waals surface area (Å²) >= 11 is 0. The van der Waals surface area contributed by atoms with Gasteiger partial charge < -0.3 is 4.74 Å². The van der Waals surface area contributed by atoms with Crippen molar-refractivity contribution in [1.29, 1.82) is 0 Å². The van der Waals surface area contributed by atoms with Crippen LogP contribution in [0, 0.1) is 6.92 Å². The van der Waals surface area contributed by atoms with Crippen LogP contribution in [-0.4, -0.2) is 6.10 Å². The van der Waals surface area contributed by atoms with Crippen LogP contribution in [0.2, 0.25) is 0 Å². The molecule has 0 aromatic heterocycles. The third-order valence-corrected chi connectivity index (χ3v) is 3.32. The Bertz CT molecular complexity index is 302. The Morgan fingerprint density at radius 3 is 2.22 bits per heavy atom. The smallest absolute Gasteiger partial charge is 0.119 e. The Balaban J connectivity index is 2.10. The van der Waals surface area contributed by atoms with Crippen LogP contribution < -0.4 is 4.74 Å². The van der Waals surface area contributed by atoms with Crippen LogP contribution in [0.3, 0.4) is 0 Å². The average Bonchev–Trinajstić information content (AvgIpc) is 2.36. The summed E-state index contributed by atoms with van der Waals surface area (Å²) in [4.78, 5) is 0. The number of ether oxygens (including phenoxy) is 1. The fourth-order valence-electron chi connectivity index (χ4n) is 2.12. The molecule has 1 aromatic carbocycles. The van der Waals surface area contributed by atoms with Gasteiger partial charge in [0.05, 0.1) is 6.10 Å². The van der Waals surface area contributed by atoms with Crippen molar-refractivity contribution < 1.29 is 4.74 Å². The first-order valence-corrected chi connectivity index (χ1v) is 7.45. The van der Waals surface area contributed by atoms with Gasteiger partial charge in [0, 0.05) is 0 Å². The molecule has 102 valence electrons. The number of rotatable bonds is 9. The van der Waals surface area contributed by atoms with Crippen LogP contribution >= 0.6 is 0 Å². The molecule has 1 aromatic rings. The van der Waals surface area contributed by atoms with Crippen LogP contribution in [0.4, 0.5) is 0 Å². The lowest BCUT2D eigenvalue weighted by Gasteiger charge is -2.14. The second-order valence-corrected chi connectivity index (χ2v) is 5.30. The van der Waals surface area contributed by atoms with Crippen molar-refractivity contribution in [3.05, 3.63) is 29.8 Å². The quantitative estimate of drug-likeness (QED) is 0.523. The lowest BCUT2D eigenvalue weighted by molar-refractivity contribution is 0.206. The monoisotopic (exact) mass is 248 g/mol. The molecule has 1 heteroatoms. The fourth-order valence-corrected chi connectivity index (χ4v) is 2.12. The van der Waals surface area contributed by atoms with Crippen LogP contribution in [-0.2, 0) is 0 Å². The van der Waals surface area contributed by atoms with E-state index in [1.165, 1.54) is 50.5 Å². The van der Waals surface area contributed by atoms with Gasteiger partial charge >= 0.3 is 0 Å². The summed E-state index contributed by atoms with van der Waals surface area (Å²) in [5.41, 5.74) is 1.28. The van der Waals surface area contributed by atoms with E-state index in [-0.39, 0.29) is 0 Å². The van der Waals surface area contributed by atoms with Gasteiger partial charge in [-0.2, -0.15) is 0 Å². The predicted molar refractivity (Wildman–Crippen MR) is 79.3 cm³/mol. The molecule has 18 heavy (non-hydrogen) atoms. The molecular formula is C17H28O. The Hall–Kier alpha value is -0.980. The number of aryl methyl sites for hydroxylation is 1. The van der Waals surface area contributed by atoms with Crippen LogP contribution in [0.15, 0.2) is 24.3 Å². The second kappa shape index (κ2) is 9.02. The van der Waals surface area contributed by atoms with Crippen LogP contribution in [0.25, 0.3) is 0 Å². The zero-order valence-corrected chi connectivity index (χ0v) is 12.2. The van der Waals surface area contributed by atoms with E-state index in [4.69, 9.17) is 4.74 Å². The summed E-state index contributed by atoms with van der Waals surface area (Å²) in [6, 6.07) is 8.33. The Morgan fingerprint density at radius 1 is 0.944 bits per heavy atom. The van der Waals surface area contributed by atoms with E-state index < -0.39 is 0 Å². The summed E-state index contributed by atoms with van der Waals surface area (Å²) in [6.07, 6.45) is 9.62. The molecule has 0 saturated heterocycles. The van der Waals surface area contributed by atoms with Gasteiger partial charge in [-0.1, -0.05) is 56.7 Å². The average molecular weight is 248 g/mol. The summed E-state index contributed by atoms with van der Waals surface area (Å²) in [5, 5.41) is 0. The van der Waals surface area contributed by atoms with E-state index in [2.05, 4.69) is 45.0 Å². The zero-order valence-electron chi connectivity index (χ0n) is 12.2. The van der Waals surface area contributed by atoms with Crippen molar-refractivity contribution in [2.45, 2.75) is 71.8 Å². The molecule has 0 aliphatic heterocycles. The Labute approximate surface area is 113 Å². The first-order chi connectivity index (χ1) is 8.72. The van der Waals surface area contributed by atoms with Gasteiger partial charge in [0.1, 0.15) is 5.75 Å². The van der Waals surface area contributed by atoms with Gasteiger partial charge in [0.2, 0.25) is 0 Å². The van der Waals surface area contributed by atoms with Crippen molar-refractivity contribution in [3.63, 3.8) is 0 Å². The maximum Gasteiger partial charge on any atom is 0.119 e. The third-order valence-electron chi connectivity index (χ3n) is 3.32. The Kier molecular flexibility index (Phi) is 7.55. The number of hydrogen-bond acceptors (Lipinski definition) is 1. The Morgan fingerprint density at radius 2 is 1.56 bits per heavy atom. The standard InChI is InChI=1S/C17H28O/c1-4-5-6-7-8-9-10-16(3)18-17-13-11-15(2)12-14-17/h11-14,16H,4-10H2,1-3H3. The van der Waals surface area contributed by atoms with Gasteiger partial charge in [-0.3, -0.25) is 0 Å². The van der Waals surface area contributed by atoms with Crippen molar-refractivity contribution in [2.75, 3.05) is 0 Å². The minimum Gasteiger partial charge on any atom is -0.491 e. The number of unbranched alkanes of at least 4 members (excludes halogenated alkanes) is 5. The van der Waals surface area contributed by atoms with Crippen molar-refractivity contribution in [3.8, 4) is 5.75 Å². The summed E-state index contributed by atoms with van der Waals surface area (Å²) < 4.78 is 5.90. The van der Waals surface area contributed by atoms with Crippen molar-refractivity contribution in [2.24, 2.45) is 0 Å². The molecule has 1 atom stereocenters. The molecule has 0 saturated carbocycles. The molecule has 0 fully saturated rings. The number of hydrogen-bond donors (Lipinski definition) is 0. The first kappa shape index (κ1) is 15.1. The molecule has 0 spiro atoms. The third kappa shape index (κ3) is 6.68. The second-order valence-electron chi connectivity index (χ2n) is 5.30. The molecule has 1 rings (SSSR count). The fraction of sp³-hybridized carbons (Fsp3) is 0.647. The SMILES string of the molecule is CCCCCCCCC(C)Oc1ccc(C)cc1. The molecular weight excluding hydrogens is 220 g/mol.